The molecule has 0 fully saturated rings. The SMILES string of the molecule is CCCCOCC(O)CN(CO)CO. The summed E-state index contributed by atoms with van der Waals surface area (Å²) in [5.41, 5.74) is 0. The minimum Gasteiger partial charge on any atom is -0.389 e. The standard InChI is InChI=1S/C9H21NO4/c1-2-3-4-14-6-9(13)5-10(7-11)8-12/h9,11-13H,2-8H2,1H3. The largest absolute Gasteiger partial charge is 0.389 e. The summed E-state index contributed by atoms with van der Waals surface area (Å²) in [5, 5.41) is 26.8. The summed E-state index contributed by atoms with van der Waals surface area (Å²) in [5.74, 6) is 0. The third-order valence-electron chi connectivity index (χ3n) is 1.82. The number of hydrogen-bond donors (Lipinski definition) is 3. The first-order chi connectivity index (χ1) is 6.74. The van der Waals surface area contributed by atoms with Crippen LogP contribution < -0.4 is 0 Å². The van der Waals surface area contributed by atoms with Crippen LogP contribution in [0.5, 0.6) is 0 Å². The Morgan fingerprint density at radius 2 is 1.93 bits per heavy atom. The maximum Gasteiger partial charge on any atom is 0.0975 e. The summed E-state index contributed by atoms with van der Waals surface area (Å²) in [4.78, 5) is 1.31. The lowest BCUT2D eigenvalue weighted by Crippen LogP contribution is -2.36. The molecule has 14 heavy (non-hydrogen) atoms. The van der Waals surface area contributed by atoms with Gasteiger partial charge in [-0.3, -0.25) is 4.90 Å². The van der Waals surface area contributed by atoms with Crippen LogP contribution in [0.15, 0.2) is 0 Å². The number of ether oxygens (including phenoxy) is 1. The van der Waals surface area contributed by atoms with Gasteiger partial charge in [0, 0.05) is 13.2 Å². The molecule has 0 aromatic heterocycles. The summed E-state index contributed by atoms with van der Waals surface area (Å²) < 4.78 is 5.19. The van der Waals surface area contributed by atoms with Gasteiger partial charge in [-0.05, 0) is 6.42 Å². The van der Waals surface area contributed by atoms with Gasteiger partial charge in [-0.2, -0.15) is 0 Å². The van der Waals surface area contributed by atoms with Gasteiger partial charge in [0.25, 0.3) is 0 Å². The fourth-order valence-electron chi connectivity index (χ4n) is 0.977. The van der Waals surface area contributed by atoms with Crippen molar-refractivity contribution < 1.29 is 20.1 Å². The van der Waals surface area contributed by atoms with Crippen molar-refractivity contribution in [3.05, 3.63) is 0 Å². The van der Waals surface area contributed by atoms with Crippen LogP contribution in [-0.4, -0.2) is 59.5 Å². The minimum atomic E-state index is -0.661. The van der Waals surface area contributed by atoms with Gasteiger partial charge in [0.05, 0.1) is 26.2 Å². The van der Waals surface area contributed by atoms with E-state index in [1.165, 1.54) is 4.90 Å². The van der Waals surface area contributed by atoms with Crippen molar-refractivity contribution in [2.24, 2.45) is 0 Å². The molecule has 86 valence electrons. The van der Waals surface area contributed by atoms with Crippen LogP contribution in [0.2, 0.25) is 0 Å². The quantitative estimate of drug-likeness (QED) is 0.347. The Balaban J connectivity index is 3.38. The summed E-state index contributed by atoms with van der Waals surface area (Å²) in [6.45, 7) is 2.66. The lowest BCUT2D eigenvalue weighted by molar-refractivity contribution is -0.0303. The Kier molecular flexibility index (Phi) is 9.23. The van der Waals surface area contributed by atoms with Gasteiger partial charge in [-0.25, -0.2) is 0 Å². The van der Waals surface area contributed by atoms with Crippen molar-refractivity contribution >= 4 is 0 Å². The zero-order valence-electron chi connectivity index (χ0n) is 8.72. The first-order valence-electron chi connectivity index (χ1n) is 4.94. The van der Waals surface area contributed by atoms with Gasteiger partial charge < -0.3 is 20.1 Å². The fourth-order valence-corrected chi connectivity index (χ4v) is 0.977. The van der Waals surface area contributed by atoms with Gasteiger partial charge in [-0.15, -0.1) is 0 Å². The zero-order valence-corrected chi connectivity index (χ0v) is 8.72. The van der Waals surface area contributed by atoms with E-state index in [0.29, 0.717) is 6.61 Å². The van der Waals surface area contributed by atoms with E-state index in [-0.39, 0.29) is 26.6 Å². The van der Waals surface area contributed by atoms with Gasteiger partial charge in [-0.1, -0.05) is 13.3 Å². The molecule has 5 nitrogen and oxygen atoms in total. The van der Waals surface area contributed by atoms with E-state index in [2.05, 4.69) is 6.92 Å². The van der Waals surface area contributed by atoms with Crippen LogP contribution in [0, 0.1) is 0 Å². The molecule has 0 saturated carbocycles. The van der Waals surface area contributed by atoms with E-state index >= 15 is 0 Å². The number of nitrogens with zero attached hydrogens (tertiary/aromatic N) is 1. The Labute approximate surface area is 84.9 Å². The average Bonchev–Trinajstić information content (AvgIpc) is 2.21. The molecule has 3 N–H and O–H groups in total. The number of aliphatic hydroxyl groups is 3. The summed E-state index contributed by atoms with van der Waals surface area (Å²) in [6.07, 6.45) is 1.39. The highest BCUT2D eigenvalue weighted by atomic mass is 16.5. The molecule has 5 heteroatoms. The number of aliphatic hydroxyl groups excluding tert-OH is 3. The normalized spacial score (nSPS) is 13.5. The van der Waals surface area contributed by atoms with Gasteiger partial charge >= 0.3 is 0 Å². The molecule has 0 rings (SSSR count). The van der Waals surface area contributed by atoms with Crippen molar-refractivity contribution in [1.29, 1.82) is 0 Å². The molecule has 0 bridgehead atoms. The predicted molar refractivity (Wildman–Crippen MR) is 52.6 cm³/mol. The molecule has 0 aliphatic heterocycles. The molecule has 0 aromatic rings. The van der Waals surface area contributed by atoms with Crippen molar-refractivity contribution in [2.75, 3.05) is 33.2 Å². The molecular formula is C9H21NO4. The summed E-state index contributed by atoms with van der Waals surface area (Å²) in [7, 11) is 0. The van der Waals surface area contributed by atoms with Gasteiger partial charge in [0.1, 0.15) is 0 Å². The highest BCUT2D eigenvalue weighted by Gasteiger charge is 2.09. The van der Waals surface area contributed by atoms with Crippen LogP contribution in [0.4, 0.5) is 0 Å². The van der Waals surface area contributed by atoms with Crippen LogP contribution in [0.25, 0.3) is 0 Å². The van der Waals surface area contributed by atoms with Gasteiger partial charge in [0.15, 0.2) is 0 Å². The van der Waals surface area contributed by atoms with Crippen molar-refractivity contribution in [3.63, 3.8) is 0 Å². The molecule has 0 saturated heterocycles. The first kappa shape index (κ1) is 13.8. The van der Waals surface area contributed by atoms with E-state index in [1.54, 1.807) is 0 Å². The number of hydrogen-bond acceptors (Lipinski definition) is 5. The van der Waals surface area contributed by atoms with Crippen molar-refractivity contribution in [2.45, 2.75) is 25.9 Å². The first-order valence-corrected chi connectivity index (χ1v) is 4.94. The second-order valence-corrected chi connectivity index (χ2v) is 3.22. The van der Waals surface area contributed by atoms with E-state index < -0.39 is 6.10 Å². The summed E-state index contributed by atoms with van der Waals surface area (Å²) in [6, 6.07) is 0. The monoisotopic (exact) mass is 207 g/mol. The van der Waals surface area contributed by atoms with Crippen LogP contribution in [-0.2, 0) is 4.74 Å². The van der Waals surface area contributed by atoms with Crippen molar-refractivity contribution in [3.8, 4) is 0 Å². The van der Waals surface area contributed by atoms with Crippen LogP contribution >= 0.6 is 0 Å². The molecule has 0 aliphatic rings. The number of rotatable bonds is 9. The zero-order chi connectivity index (χ0) is 10.8. The number of unbranched alkanes of at least 4 members (excludes halogenated alkanes) is 1. The second-order valence-electron chi connectivity index (χ2n) is 3.22. The molecule has 0 spiro atoms. The highest BCUT2D eigenvalue weighted by Crippen LogP contribution is 1.94. The van der Waals surface area contributed by atoms with Crippen LogP contribution in [0.3, 0.4) is 0 Å². The second kappa shape index (κ2) is 9.36. The summed E-state index contributed by atoms with van der Waals surface area (Å²) >= 11 is 0. The molecule has 1 unspecified atom stereocenters. The molecule has 0 radical (unpaired) electrons. The van der Waals surface area contributed by atoms with Gasteiger partial charge in [0.2, 0.25) is 0 Å². The Hall–Kier alpha value is -0.200. The molecule has 0 aromatic carbocycles. The van der Waals surface area contributed by atoms with E-state index in [1.807, 2.05) is 0 Å². The Morgan fingerprint density at radius 3 is 2.43 bits per heavy atom. The smallest absolute Gasteiger partial charge is 0.0975 e. The van der Waals surface area contributed by atoms with Crippen LogP contribution in [0.1, 0.15) is 19.8 Å². The minimum absolute atomic E-state index is 0.221. The molecule has 1 atom stereocenters. The lowest BCUT2D eigenvalue weighted by atomic mass is 10.3. The van der Waals surface area contributed by atoms with Crippen molar-refractivity contribution in [1.82, 2.24) is 4.90 Å². The maximum absolute atomic E-state index is 9.39. The molecule has 0 amide bonds. The fraction of sp³-hybridized carbons (Fsp3) is 1.00. The lowest BCUT2D eigenvalue weighted by Gasteiger charge is -2.20. The Morgan fingerprint density at radius 1 is 1.29 bits per heavy atom. The predicted octanol–water partition coefficient (Wildman–Crippen LogP) is -0.634. The highest BCUT2D eigenvalue weighted by molar-refractivity contribution is 4.58. The Bertz CT molecular complexity index is 119. The van der Waals surface area contributed by atoms with E-state index in [0.717, 1.165) is 12.8 Å². The van der Waals surface area contributed by atoms with E-state index in [4.69, 9.17) is 14.9 Å². The van der Waals surface area contributed by atoms with E-state index in [9.17, 15) is 5.11 Å². The third-order valence-corrected chi connectivity index (χ3v) is 1.82. The maximum atomic E-state index is 9.39. The molecule has 0 aliphatic carbocycles. The third kappa shape index (κ3) is 7.23. The topological polar surface area (TPSA) is 73.2 Å². The molecule has 0 heterocycles. The molecular weight excluding hydrogens is 186 g/mol. The average molecular weight is 207 g/mol.